The first-order chi connectivity index (χ1) is 32.8. The number of alkyl carbamates (subject to hydrolysis) is 1. The zero-order valence-electron chi connectivity index (χ0n) is 45.6. The van der Waals surface area contributed by atoms with Crippen LogP contribution in [-0.2, 0) is 23.8 Å². The Hall–Kier alpha value is -1.87. The van der Waals surface area contributed by atoms with Crippen molar-refractivity contribution in [2.24, 2.45) is 0 Å². The molecule has 0 aliphatic carbocycles. The van der Waals surface area contributed by atoms with Crippen LogP contribution in [0.4, 0.5) is 4.79 Å². The van der Waals surface area contributed by atoms with Crippen LogP contribution in [0.25, 0.3) is 0 Å². The zero-order chi connectivity index (χ0) is 48.9. The number of nitrogens with one attached hydrogen (secondary N) is 1. The number of carbonyl (C=O) groups is 3. The van der Waals surface area contributed by atoms with Crippen molar-refractivity contribution >= 4 is 18.0 Å². The summed E-state index contributed by atoms with van der Waals surface area (Å²) in [5.74, 6) is -0.141. The number of unbranched alkanes of at least 4 members (excludes halogenated alkanes) is 33. The summed E-state index contributed by atoms with van der Waals surface area (Å²) in [6, 6.07) is 0. The molecule has 0 aromatic carbocycles. The highest BCUT2D eigenvalue weighted by atomic mass is 16.6. The molecule has 0 saturated carbocycles. The van der Waals surface area contributed by atoms with Gasteiger partial charge in [0.05, 0.1) is 13.2 Å². The Morgan fingerprint density at radius 2 is 0.716 bits per heavy atom. The summed E-state index contributed by atoms with van der Waals surface area (Å²) in [5.41, 5.74) is 0. The minimum Gasteiger partial charge on any atom is -0.466 e. The Balaban J connectivity index is 4.21. The van der Waals surface area contributed by atoms with Crippen LogP contribution < -0.4 is 5.32 Å². The molecular weight excluding hydrogens is 835 g/mol. The molecule has 1 amide bonds. The highest BCUT2D eigenvalue weighted by molar-refractivity contribution is 5.69. The highest BCUT2D eigenvalue weighted by Crippen LogP contribution is 2.18. The summed E-state index contributed by atoms with van der Waals surface area (Å²) in [6.07, 6.45) is 50.3. The second kappa shape index (κ2) is 53.5. The van der Waals surface area contributed by atoms with Crippen LogP contribution in [0.5, 0.6) is 0 Å². The Morgan fingerprint density at radius 1 is 0.388 bits per heavy atom. The number of hydrogen-bond donors (Lipinski definition) is 1. The van der Waals surface area contributed by atoms with Crippen LogP contribution in [0.15, 0.2) is 0 Å². The van der Waals surface area contributed by atoms with Crippen molar-refractivity contribution in [2.75, 3.05) is 60.5 Å². The molecule has 0 bridgehead atoms. The summed E-state index contributed by atoms with van der Waals surface area (Å²) >= 11 is 0. The quantitative estimate of drug-likeness (QED) is 0.0366. The topological polar surface area (TPSA) is 97.4 Å². The minimum absolute atomic E-state index is 0.0706. The van der Waals surface area contributed by atoms with Gasteiger partial charge in [-0.2, -0.15) is 0 Å². The molecular formula is C58H115N3O6. The molecule has 0 fully saturated rings. The summed E-state index contributed by atoms with van der Waals surface area (Å²) in [5, 5.41) is 2.98. The Labute approximate surface area is 416 Å². The predicted molar refractivity (Wildman–Crippen MR) is 286 cm³/mol. The molecule has 9 heteroatoms. The molecule has 0 saturated heterocycles. The van der Waals surface area contributed by atoms with Crippen molar-refractivity contribution in [1.82, 2.24) is 15.1 Å². The SMILES string of the molecule is CCCCCCCCCCCCCCCCCC(=O)OCCCCCC(CCCCCOC(=O)CCCCCCCCCCCCCCCCC)OC(=O)NCCCN(C)CCCCN(C)C. The maximum atomic E-state index is 12.8. The maximum absolute atomic E-state index is 12.8. The predicted octanol–water partition coefficient (Wildman–Crippen LogP) is 16.5. The van der Waals surface area contributed by atoms with Gasteiger partial charge in [0.15, 0.2) is 0 Å². The van der Waals surface area contributed by atoms with Crippen LogP contribution in [0, 0.1) is 0 Å². The lowest BCUT2D eigenvalue weighted by Crippen LogP contribution is -2.32. The monoisotopic (exact) mass is 950 g/mol. The van der Waals surface area contributed by atoms with Crippen LogP contribution in [0.3, 0.4) is 0 Å². The number of ether oxygens (including phenoxy) is 3. The molecule has 0 aliphatic rings. The fraction of sp³-hybridized carbons (Fsp3) is 0.948. The molecule has 9 nitrogen and oxygen atoms in total. The van der Waals surface area contributed by atoms with Crippen LogP contribution in [0.1, 0.15) is 290 Å². The van der Waals surface area contributed by atoms with Crippen molar-refractivity contribution < 1.29 is 28.6 Å². The lowest BCUT2D eigenvalue weighted by Gasteiger charge is -2.19. The van der Waals surface area contributed by atoms with E-state index < -0.39 is 0 Å². The number of nitrogens with zero attached hydrogens (tertiary/aromatic N) is 2. The third-order valence-corrected chi connectivity index (χ3v) is 13.5. The number of carbonyl (C=O) groups excluding carboxylic acids is 3. The van der Waals surface area contributed by atoms with Gasteiger partial charge in [-0.15, -0.1) is 0 Å². The molecule has 0 aliphatic heterocycles. The van der Waals surface area contributed by atoms with Gasteiger partial charge in [0.1, 0.15) is 6.10 Å². The van der Waals surface area contributed by atoms with Crippen LogP contribution >= 0.6 is 0 Å². The second-order valence-electron chi connectivity index (χ2n) is 20.7. The second-order valence-corrected chi connectivity index (χ2v) is 20.7. The number of hydrogen-bond acceptors (Lipinski definition) is 8. The lowest BCUT2D eigenvalue weighted by atomic mass is 10.0. The Morgan fingerprint density at radius 3 is 1.09 bits per heavy atom. The molecule has 398 valence electrons. The molecule has 67 heavy (non-hydrogen) atoms. The van der Waals surface area contributed by atoms with Crippen LogP contribution in [0.2, 0.25) is 0 Å². The first-order valence-electron chi connectivity index (χ1n) is 29.4. The molecule has 0 rings (SSSR count). The van der Waals surface area contributed by atoms with Gasteiger partial charge in [-0.3, -0.25) is 9.59 Å². The van der Waals surface area contributed by atoms with E-state index in [1.54, 1.807) is 0 Å². The van der Waals surface area contributed by atoms with Gasteiger partial charge in [0, 0.05) is 19.4 Å². The molecule has 0 unspecified atom stereocenters. The van der Waals surface area contributed by atoms with Gasteiger partial charge >= 0.3 is 18.0 Å². The van der Waals surface area contributed by atoms with Gasteiger partial charge in [-0.25, -0.2) is 4.79 Å². The first-order valence-corrected chi connectivity index (χ1v) is 29.4. The van der Waals surface area contributed by atoms with E-state index >= 15 is 0 Å². The van der Waals surface area contributed by atoms with E-state index in [2.05, 4.69) is 50.1 Å². The normalized spacial score (nSPS) is 11.6. The highest BCUT2D eigenvalue weighted by Gasteiger charge is 2.15. The minimum atomic E-state index is -0.334. The van der Waals surface area contributed by atoms with Crippen molar-refractivity contribution in [3.8, 4) is 0 Å². The van der Waals surface area contributed by atoms with Crippen molar-refractivity contribution in [2.45, 2.75) is 296 Å². The Kier molecular flexibility index (Phi) is 52.0. The van der Waals surface area contributed by atoms with Crippen molar-refractivity contribution in [3.05, 3.63) is 0 Å². The van der Waals surface area contributed by atoms with Crippen molar-refractivity contribution in [3.63, 3.8) is 0 Å². The summed E-state index contributed by atoms with van der Waals surface area (Å²) in [7, 11) is 6.38. The van der Waals surface area contributed by atoms with Gasteiger partial charge in [-0.05, 0) is 124 Å². The van der Waals surface area contributed by atoms with Crippen LogP contribution in [-0.4, -0.2) is 94.5 Å². The third kappa shape index (κ3) is 53.3. The molecule has 0 radical (unpaired) electrons. The van der Waals surface area contributed by atoms with E-state index in [9.17, 15) is 14.4 Å². The van der Waals surface area contributed by atoms with Gasteiger partial charge in [0.2, 0.25) is 0 Å². The fourth-order valence-corrected chi connectivity index (χ4v) is 9.02. The Bertz CT molecular complexity index is 986. The number of esters is 2. The summed E-state index contributed by atoms with van der Waals surface area (Å²) < 4.78 is 17.1. The van der Waals surface area contributed by atoms with E-state index in [1.807, 2.05) is 0 Å². The first kappa shape index (κ1) is 65.1. The standard InChI is InChI=1S/C58H115N3O6/c1-6-8-10-12-14-16-18-20-22-24-26-28-30-32-38-47-56(62)65-53-42-34-36-45-55(67-58(64)59-49-44-52-61(5)51-41-40-50-60(3)4)46-37-35-43-54-66-57(63)48-39-33-31-29-27-25-23-21-19-17-15-13-11-9-7-2/h55H,6-54H2,1-5H3,(H,59,64). The van der Waals surface area contributed by atoms with Gasteiger partial charge in [-0.1, -0.05) is 194 Å². The van der Waals surface area contributed by atoms with E-state index in [-0.39, 0.29) is 24.1 Å². The van der Waals surface area contributed by atoms with E-state index in [0.717, 1.165) is 103 Å². The van der Waals surface area contributed by atoms with Gasteiger partial charge < -0.3 is 29.3 Å². The summed E-state index contributed by atoms with van der Waals surface area (Å²) in [6.45, 7) is 9.21. The number of rotatable bonds is 54. The van der Waals surface area contributed by atoms with E-state index in [1.165, 1.54) is 180 Å². The molecule has 0 spiro atoms. The van der Waals surface area contributed by atoms with Gasteiger partial charge in [0.25, 0.3) is 0 Å². The average molecular weight is 951 g/mol. The third-order valence-electron chi connectivity index (χ3n) is 13.5. The summed E-state index contributed by atoms with van der Waals surface area (Å²) in [4.78, 5) is 42.0. The smallest absolute Gasteiger partial charge is 0.407 e. The van der Waals surface area contributed by atoms with E-state index in [0.29, 0.717) is 32.6 Å². The maximum Gasteiger partial charge on any atom is 0.407 e. The molecule has 0 aromatic rings. The van der Waals surface area contributed by atoms with Crippen molar-refractivity contribution in [1.29, 1.82) is 0 Å². The number of amides is 1. The fourth-order valence-electron chi connectivity index (χ4n) is 9.02. The molecule has 0 aromatic heterocycles. The average Bonchev–Trinajstić information content (AvgIpc) is 3.31. The largest absolute Gasteiger partial charge is 0.466 e. The molecule has 0 heterocycles. The molecule has 0 atom stereocenters. The lowest BCUT2D eigenvalue weighted by molar-refractivity contribution is -0.144. The van der Waals surface area contributed by atoms with E-state index in [4.69, 9.17) is 14.2 Å². The molecule has 1 N–H and O–H groups in total. The zero-order valence-corrected chi connectivity index (χ0v) is 45.6.